The monoisotopic (exact) mass is 295 g/mol. The first-order valence-electron chi connectivity index (χ1n) is 6.09. The molecule has 0 aromatic carbocycles. The Morgan fingerprint density at radius 1 is 1.42 bits per heavy atom. The molecule has 0 amide bonds. The van der Waals surface area contributed by atoms with Gasteiger partial charge in [-0.05, 0) is 12.8 Å². The maximum absolute atomic E-state index is 11.1. The first kappa shape index (κ1) is 14.1. The van der Waals surface area contributed by atoms with Crippen LogP contribution >= 0.6 is 22.7 Å². The number of aryl methyl sites for hydroxylation is 1. The van der Waals surface area contributed by atoms with E-state index in [2.05, 4.69) is 29.2 Å². The second kappa shape index (κ2) is 5.79. The molecule has 0 N–H and O–H groups in total. The third kappa shape index (κ3) is 3.19. The van der Waals surface area contributed by atoms with Crippen LogP contribution in [0.2, 0.25) is 0 Å². The Hall–Kier alpha value is -1.27. The third-order valence-corrected chi connectivity index (χ3v) is 4.65. The molecule has 0 aliphatic heterocycles. The van der Waals surface area contributed by atoms with E-state index in [9.17, 15) is 4.79 Å². The van der Waals surface area contributed by atoms with Gasteiger partial charge < -0.3 is 4.90 Å². The maximum Gasteiger partial charge on any atom is 0.186 e. The average molecular weight is 295 g/mol. The van der Waals surface area contributed by atoms with E-state index >= 15 is 0 Å². The Kier molecular flexibility index (Phi) is 4.31. The molecule has 0 bridgehead atoms. The van der Waals surface area contributed by atoms with Crippen LogP contribution in [0.1, 0.15) is 45.8 Å². The van der Waals surface area contributed by atoms with Crippen LogP contribution in [0.3, 0.4) is 0 Å². The molecular formula is C13H17N3OS2. The van der Waals surface area contributed by atoms with Crippen molar-refractivity contribution in [3.05, 3.63) is 26.7 Å². The van der Waals surface area contributed by atoms with E-state index in [-0.39, 0.29) is 5.92 Å². The maximum atomic E-state index is 11.1. The van der Waals surface area contributed by atoms with E-state index in [1.165, 1.54) is 11.3 Å². The topological polar surface area (TPSA) is 46.1 Å². The quantitative estimate of drug-likeness (QED) is 0.792. The number of nitrogens with zero attached hydrogens (tertiary/aromatic N) is 3. The van der Waals surface area contributed by atoms with Gasteiger partial charge in [-0.1, -0.05) is 25.2 Å². The Balaban J connectivity index is 2.19. The van der Waals surface area contributed by atoms with Crippen LogP contribution in [0.5, 0.6) is 0 Å². The number of thiazole rings is 2. The fourth-order valence-corrected chi connectivity index (χ4v) is 3.38. The van der Waals surface area contributed by atoms with Crippen molar-refractivity contribution in [2.45, 2.75) is 33.2 Å². The highest BCUT2D eigenvalue weighted by atomic mass is 32.1. The average Bonchev–Trinajstić information content (AvgIpc) is 2.95. The van der Waals surface area contributed by atoms with Crippen molar-refractivity contribution in [2.75, 3.05) is 11.9 Å². The minimum atomic E-state index is 0.264. The number of anilines is 1. The molecule has 0 atom stereocenters. The summed E-state index contributed by atoms with van der Waals surface area (Å²) in [6.45, 7) is 6.82. The summed E-state index contributed by atoms with van der Waals surface area (Å²) in [5, 5.41) is 4.00. The number of hydrogen-bond donors (Lipinski definition) is 0. The molecule has 2 aromatic heterocycles. The highest BCUT2D eigenvalue weighted by Gasteiger charge is 2.16. The molecule has 2 aromatic rings. The first-order chi connectivity index (χ1) is 9.01. The number of aromatic nitrogens is 2. The largest absolute Gasteiger partial charge is 0.345 e. The third-order valence-electron chi connectivity index (χ3n) is 2.72. The predicted octanol–water partition coefficient (Wildman–Crippen LogP) is 3.48. The molecule has 0 aliphatic carbocycles. The van der Waals surface area contributed by atoms with E-state index < -0.39 is 0 Å². The highest BCUT2D eigenvalue weighted by molar-refractivity contribution is 7.17. The number of carbonyl (C=O) groups is 1. The fourth-order valence-electron chi connectivity index (χ4n) is 1.78. The molecule has 102 valence electrons. The Morgan fingerprint density at radius 2 is 2.16 bits per heavy atom. The predicted molar refractivity (Wildman–Crippen MR) is 80.5 cm³/mol. The molecule has 19 heavy (non-hydrogen) atoms. The van der Waals surface area contributed by atoms with E-state index in [1.807, 2.05) is 18.9 Å². The van der Waals surface area contributed by atoms with Crippen LogP contribution in [-0.2, 0) is 6.54 Å². The number of hydrogen-bond acceptors (Lipinski definition) is 6. The van der Waals surface area contributed by atoms with Gasteiger partial charge in [0.05, 0.1) is 27.8 Å². The lowest BCUT2D eigenvalue weighted by Gasteiger charge is -2.13. The van der Waals surface area contributed by atoms with Crippen LogP contribution in [0.4, 0.5) is 5.13 Å². The van der Waals surface area contributed by atoms with Crippen LogP contribution in [0.25, 0.3) is 0 Å². The van der Waals surface area contributed by atoms with E-state index in [0.29, 0.717) is 6.54 Å². The second-order valence-electron chi connectivity index (χ2n) is 4.73. The van der Waals surface area contributed by atoms with Gasteiger partial charge >= 0.3 is 0 Å². The van der Waals surface area contributed by atoms with Crippen molar-refractivity contribution in [1.82, 2.24) is 9.97 Å². The van der Waals surface area contributed by atoms with Gasteiger partial charge in [-0.2, -0.15) is 0 Å². The number of aldehydes is 1. The normalized spacial score (nSPS) is 11.0. The summed E-state index contributed by atoms with van der Waals surface area (Å²) in [6, 6.07) is 0. The molecule has 0 aliphatic rings. The van der Waals surface area contributed by atoms with Gasteiger partial charge in [0.2, 0.25) is 0 Å². The van der Waals surface area contributed by atoms with Crippen molar-refractivity contribution < 1.29 is 4.79 Å². The summed E-state index contributed by atoms with van der Waals surface area (Å²) in [4.78, 5) is 22.9. The summed E-state index contributed by atoms with van der Waals surface area (Å²) >= 11 is 3.09. The van der Waals surface area contributed by atoms with Gasteiger partial charge in [0.15, 0.2) is 11.4 Å². The second-order valence-corrected chi connectivity index (χ2v) is 6.80. The van der Waals surface area contributed by atoms with E-state index in [0.717, 1.165) is 32.7 Å². The van der Waals surface area contributed by atoms with Gasteiger partial charge in [-0.25, -0.2) is 9.97 Å². The van der Waals surface area contributed by atoms with Crippen molar-refractivity contribution in [2.24, 2.45) is 0 Å². The van der Waals surface area contributed by atoms with Crippen LogP contribution in [-0.4, -0.2) is 23.3 Å². The lowest BCUT2D eigenvalue weighted by atomic mass is 10.1. The zero-order chi connectivity index (χ0) is 14.0. The molecule has 0 unspecified atom stereocenters. The van der Waals surface area contributed by atoms with Crippen LogP contribution < -0.4 is 4.90 Å². The summed E-state index contributed by atoms with van der Waals surface area (Å²) < 4.78 is 0. The molecule has 0 spiro atoms. The Labute approximate surface area is 121 Å². The molecule has 0 fully saturated rings. The molecule has 0 saturated heterocycles. The lowest BCUT2D eigenvalue weighted by Crippen LogP contribution is -2.16. The molecule has 2 heterocycles. The number of rotatable bonds is 5. The summed E-state index contributed by atoms with van der Waals surface area (Å²) in [5.41, 5.74) is 1.93. The fraction of sp³-hybridized carbons (Fsp3) is 0.462. The zero-order valence-corrected chi connectivity index (χ0v) is 13.1. The van der Waals surface area contributed by atoms with Crippen molar-refractivity contribution in [3.8, 4) is 0 Å². The molecule has 6 heteroatoms. The zero-order valence-electron chi connectivity index (χ0n) is 11.5. The summed E-state index contributed by atoms with van der Waals surface area (Å²) in [6.07, 6.45) is 0.900. The SMILES string of the molecule is Cc1nc(CN(C)c2nc(C(C)C)c(C=O)s2)cs1. The molecule has 2 rings (SSSR count). The lowest BCUT2D eigenvalue weighted by molar-refractivity contribution is 0.112. The van der Waals surface area contributed by atoms with Gasteiger partial charge in [0.25, 0.3) is 0 Å². The number of carbonyl (C=O) groups excluding carboxylic acids is 1. The Morgan fingerprint density at radius 3 is 2.63 bits per heavy atom. The highest BCUT2D eigenvalue weighted by Crippen LogP contribution is 2.29. The van der Waals surface area contributed by atoms with E-state index in [1.54, 1.807) is 11.3 Å². The van der Waals surface area contributed by atoms with Crippen molar-refractivity contribution in [1.29, 1.82) is 0 Å². The minimum Gasteiger partial charge on any atom is -0.345 e. The van der Waals surface area contributed by atoms with Crippen molar-refractivity contribution >= 4 is 34.1 Å². The van der Waals surface area contributed by atoms with Gasteiger partial charge in [-0.3, -0.25) is 4.79 Å². The summed E-state index contributed by atoms with van der Waals surface area (Å²) in [5.74, 6) is 0.264. The molecule has 0 radical (unpaired) electrons. The smallest absolute Gasteiger partial charge is 0.186 e. The van der Waals surface area contributed by atoms with Gasteiger partial charge in [0, 0.05) is 12.4 Å². The molecule has 4 nitrogen and oxygen atoms in total. The minimum absolute atomic E-state index is 0.264. The van der Waals surface area contributed by atoms with Crippen LogP contribution in [0.15, 0.2) is 5.38 Å². The molecular weight excluding hydrogens is 278 g/mol. The van der Waals surface area contributed by atoms with Crippen molar-refractivity contribution in [3.63, 3.8) is 0 Å². The summed E-state index contributed by atoms with van der Waals surface area (Å²) in [7, 11) is 1.98. The van der Waals surface area contributed by atoms with Gasteiger partial charge in [-0.15, -0.1) is 11.3 Å². The molecule has 0 saturated carbocycles. The first-order valence-corrected chi connectivity index (χ1v) is 7.79. The van der Waals surface area contributed by atoms with Gasteiger partial charge in [0.1, 0.15) is 0 Å². The Bertz CT molecular complexity index is 574. The van der Waals surface area contributed by atoms with Crippen LogP contribution in [0, 0.1) is 6.92 Å². The van der Waals surface area contributed by atoms with E-state index in [4.69, 9.17) is 0 Å². The standard InChI is InChI=1S/C13H17N3OS2/c1-8(2)12-11(6-17)19-13(15-12)16(4)5-10-7-18-9(3)14-10/h6-8H,5H2,1-4H3.